The monoisotopic (exact) mass is 287 g/mol. The molecule has 0 amide bonds. The fourth-order valence-electron chi connectivity index (χ4n) is 2.38. The minimum absolute atomic E-state index is 0.104. The first-order valence-electron chi connectivity index (χ1n) is 6.34. The Morgan fingerprint density at radius 2 is 2.28 bits per heavy atom. The van der Waals surface area contributed by atoms with Gasteiger partial charge in [0.25, 0.3) is 0 Å². The fourth-order valence-corrected chi connectivity index (χ4v) is 3.35. The average molecular weight is 288 g/mol. The number of likely N-dealkylation sites (tertiary alicyclic amines) is 1. The van der Waals surface area contributed by atoms with Crippen LogP contribution >= 0.6 is 22.9 Å². The lowest BCUT2D eigenvalue weighted by Gasteiger charge is -2.27. The van der Waals surface area contributed by atoms with Crippen molar-refractivity contribution in [3.05, 3.63) is 21.3 Å². The van der Waals surface area contributed by atoms with Crippen molar-refractivity contribution in [3.8, 4) is 0 Å². The van der Waals surface area contributed by atoms with E-state index >= 15 is 0 Å². The molecule has 3 nitrogen and oxygen atoms in total. The van der Waals surface area contributed by atoms with Crippen LogP contribution in [0, 0.1) is 0 Å². The molecule has 1 N–H and O–H groups in total. The zero-order valence-corrected chi connectivity index (χ0v) is 11.8. The Kier molecular flexibility index (Phi) is 5.18. The lowest BCUT2D eigenvalue weighted by Crippen LogP contribution is -2.40. The van der Waals surface area contributed by atoms with Crippen LogP contribution in [0.5, 0.6) is 0 Å². The van der Waals surface area contributed by atoms with Gasteiger partial charge in [0.2, 0.25) is 0 Å². The van der Waals surface area contributed by atoms with Gasteiger partial charge in [-0.1, -0.05) is 24.4 Å². The van der Waals surface area contributed by atoms with E-state index in [0.717, 1.165) is 25.8 Å². The first-order valence-corrected chi connectivity index (χ1v) is 7.53. The van der Waals surface area contributed by atoms with Crippen LogP contribution in [0.15, 0.2) is 12.1 Å². The summed E-state index contributed by atoms with van der Waals surface area (Å²) in [6.07, 6.45) is 4.41. The largest absolute Gasteiger partial charge is 0.395 e. The molecule has 2 heterocycles. The number of ketones is 1. The van der Waals surface area contributed by atoms with Gasteiger partial charge < -0.3 is 5.11 Å². The summed E-state index contributed by atoms with van der Waals surface area (Å²) in [4.78, 5) is 15.0. The second-order valence-electron chi connectivity index (χ2n) is 4.68. The first-order chi connectivity index (χ1) is 8.70. The van der Waals surface area contributed by atoms with Crippen LogP contribution in [-0.4, -0.2) is 41.5 Å². The molecule has 0 radical (unpaired) electrons. The molecule has 2 rings (SSSR count). The van der Waals surface area contributed by atoms with E-state index in [1.807, 2.05) is 0 Å². The maximum atomic E-state index is 12.1. The van der Waals surface area contributed by atoms with Crippen LogP contribution < -0.4 is 0 Å². The van der Waals surface area contributed by atoms with Gasteiger partial charge in [-0.15, -0.1) is 11.3 Å². The number of thiophene rings is 1. The van der Waals surface area contributed by atoms with Crippen molar-refractivity contribution in [3.63, 3.8) is 0 Å². The predicted molar refractivity (Wildman–Crippen MR) is 74.6 cm³/mol. The molecule has 1 fully saturated rings. The third kappa shape index (κ3) is 3.54. The summed E-state index contributed by atoms with van der Waals surface area (Å²) in [6.45, 7) is 1.43. The van der Waals surface area contributed by atoms with Crippen molar-refractivity contribution >= 4 is 28.7 Å². The lowest BCUT2D eigenvalue weighted by molar-refractivity contribution is 0.0830. The molecule has 100 valence electrons. The van der Waals surface area contributed by atoms with E-state index in [0.29, 0.717) is 15.8 Å². The van der Waals surface area contributed by atoms with Gasteiger partial charge in [-0.3, -0.25) is 9.69 Å². The van der Waals surface area contributed by atoms with Gasteiger partial charge in [0, 0.05) is 6.04 Å². The first kappa shape index (κ1) is 14.0. The summed E-state index contributed by atoms with van der Waals surface area (Å²) < 4.78 is 0.646. The number of carbonyl (C=O) groups excluding carboxylic acids is 1. The SMILES string of the molecule is O=C(CN1CCCCCC1CO)c1ccc(Cl)s1. The van der Waals surface area contributed by atoms with Crippen molar-refractivity contribution in [1.29, 1.82) is 0 Å². The highest BCUT2D eigenvalue weighted by Gasteiger charge is 2.23. The Bertz CT molecular complexity index is 407. The molecule has 0 spiro atoms. The Morgan fingerprint density at radius 1 is 1.44 bits per heavy atom. The van der Waals surface area contributed by atoms with Gasteiger partial charge in [-0.25, -0.2) is 0 Å². The smallest absolute Gasteiger partial charge is 0.186 e. The Labute approximate surface area is 116 Å². The molecule has 0 aliphatic carbocycles. The van der Waals surface area contributed by atoms with E-state index in [1.165, 1.54) is 17.8 Å². The molecule has 1 aliphatic rings. The highest BCUT2D eigenvalue weighted by Crippen LogP contribution is 2.23. The molecule has 0 saturated carbocycles. The molecule has 1 aliphatic heterocycles. The number of rotatable bonds is 4. The molecule has 1 saturated heterocycles. The zero-order chi connectivity index (χ0) is 13.0. The molecule has 1 aromatic rings. The number of aliphatic hydroxyl groups excluding tert-OH is 1. The topological polar surface area (TPSA) is 40.5 Å². The fraction of sp³-hybridized carbons (Fsp3) is 0.615. The number of hydrogen-bond donors (Lipinski definition) is 1. The molecule has 5 heteroatoms. The standard InChI is InChI=1S/C13H18ClNO2S/c14-13-6-5-12(18-13)11(17)8-15-7-3-1-2-4-10(15)9-16/h5-6,10,16H,1-4,7-9H2. The number of hydrogen-bond acceptors (Lipinski definition) is 4. The molecule has 0 aromatic carbocycles. The summed E-state index contributed by atoms with van der Waals surface area (Å²) in [6, 6.07) is 3.67. The lowest BCUT2D eigenvalue weighted by atomic mass is 10.1. The number of carbonyl (C=O) groups is 1. The number of nitrogens with zero attached hydrogens (tertiary/aromatic N) is 1. The molecular weight excluding hydrogens is 270 g/mol. The minimum Gasteiger partial charge on any atom is -0.395 e. The van der Waals surface area contributed by atoms with Crippen molar-refractivity contribution in [2.75, 3.05) is 19.7 Å². The van der Waals surface area contributed by atoms with Crippen molar-refractivity contribution in [2.24, 2.45) is 0 Å². The maximum Gasteiger partial charge on any atom is 0.186 e. The summed E-state index contributed by atoms with van der Waals surface area (Å²) in [7, 11) is 0. The average Bonchev–Trinajstić information content (AvgIpc) is 2.67. The third-order valence-electron chi connectivity index (χ3n) is 3.40. The number of halogens is 1. The van der Waals surface area contributed by atoms with Gasteiger partial charge >= 0.3 is 0 Å². The molecule has 1 aromatic heterocycles. The van der Waals surface area contributed by atoms with E-state index in [1.54, 1.807) is 12.1 Å². The number of Topliss-reactive ketones (excluding diaryl/α,β-unsaturated/α-hetero) is 1. The number of aliphatic hydroxyl groups is 1. The third-order valence-corrected chi connectivity index (χ3v) is 4.68. The summed E-state index contributed by atoms with van der Waals surface area (Å²) in [5.74, 6) is 0.104. The van der Waals surface area contributed by atoms with Crippen LogP contribution in [0.3, 0.4) is 0 Å². The van der Waals surface area contributed by atoms with E-state index in [2.05, 4.69) is 4.90 Å². The van der Waals surface area contributed by atoms with Crippen LogP contribution in [0.2, 0.25) is 4.34 Å². The highest BCUT2D eigenvalue weighted by molar-refractivity contribution is 7.18. The molecule has 1 atom stereocenters. The molecule has 1 unspecified atom stereocenters. The van der Waals surface area contributed by atoms with Crippen LogP contribution in [0.1, 0.15) is 35.4 Å². The zero-order valence-electron chi connectivity index (χ0n) is 10.3. The maximum absolute atomic E-state index is 12.1. The van der Waals surface area contributed by atoms with Gasteiger partial charge in [0.05, 0.1) is 22.4 Å². The van der Waals surface area contributed by atoms with E-state index in [9.17, 15) is 9.90 Å². The normalized spacial score (nSPS) is 21.8. The van der Waals surface area contributed by atoms with Gasteiger partial charge in [0.15, 0.2) is 5.78 Å². The highest BCUT2D eigenvalue weighted by atomic mass is 35.5. The second-order valence-corrected chi connectivity index (χ2v) is 6.40. The second kappa shape index (κ2) is 6.66. The van der Waals surface area contributed by atoms with E-state index in [-0.39, 0.29) is 18.4 Å². The van der Waals surface area contributed by atoms with Crippen molar-refractivity contribution in [2.45, 2.75) is 31.7 Å². The summed E-state index contributed by atoms with van der Waals surface area (Å²) >= 11 is 7.17. The van der Waals surface area contributed by atoms with Crippen LogP contribution in [-0.2, 0) is 0 Å². The van der Waals surface area contributed by atoms with Gasteiger partial charge in [-0.2, -0.15) is 0 Å². The van der Waals surface area contributed by atoms with Crippen molar-refractivity contribution in [1.82, 2.24) is 4.90 Å². The van der Waals surface area contributed by atoms with Gasteiger partial charge in [0.1, 0.15) is 0 Å². The Balaban J connectivity index is 1.99. The van der Waals surface area contributed by atoms with Crippen LogP contribution in [0.4, 0.5) is 0 Å². The van der Waals surface area contributed by atoms with Crippen LogP contribution in [0.25, 0.3) is 0 Å². The molecule has 18 heavy (non-hydrogen) atoms. The van der Waals surface area contributed by atoms with Gasteiger partial charge in [-0.05, 0) is 31.5 Å². The Morgan fingerprint density at radius 3 is 2.94 bits per heavy atom. The predicted octanol–water partition coefficient (Wildman–Crippen LogP) is 2.82. The van der Waals surface area contributed by atoms with E-state index in [4.69, 9.17) is 11.6 Å². The molecule has 0 bridgehead atoms. The molecular formula is C13H18ClNO2S. The van der Waals surface area contributed by atoms with E-state index < -0.39 is 0 Å². The summed E-state index contributed by atoms with van der Waals surface area (Å²) in [5, 5.41) is 9.40. The quantitative estimate of drug-likeness (QED) is 0.866. The Hall–Kier alpha value is -0.420. The minimum atomic E-state index is 0.104. The van der Waals surface area contributed by atoms with Crippen molar-refractivity contribution < 1.29 is 9.90 Å². The summed E-state index contributed by atoms with van der Waals surface area (Å²) in [5.41, 5.74) is 0.